The zero-order chi connectivity index (χ0) is 19.1. The lowest BCUT2D eigenvalue weighted by molar-refractivity contribution is -0.116. The second kappa shape index (κ2) is 9.37. The molecule has 0 aliphatic rings. The molecule has 0 atom stereocenters. The minimum Gasteiger partial charge on any atom is -0.407 e. The van der Waals surface area contributed by atoms with Gasteiger partial charge in [-0.1, -0.05) is 47.1 Å². The topological polar surface area (TPSA) is 68.0 Å². The molecular formula is C21H23N3O2S. The van der Waals surface area contributed by atoms with Gasteiger partial charge in [0.15, 0.2) is 0 Å². The number of nitrogens with one attached hydrogen (secondary N) is 1. The van der Waals surface area contributed by atoms with E-state index in [1.165, 1.54) is 16.0 Å². The minimum atomic E-state index is -0.106. The molecule has 1 heterocycles. The number of aryl methyl sites for hydroxylation is 2. The minimum absolute atomic E-state index is 0.106. The number of hydrogen-bond donors (Lipinski definition) is 1. The largest absolute Gasteiger partial charge is 0.407 e. The summed E-state index contributed by atoms with van der Waals surface area (Å²) < 4.78 is 5.56. The van der Waals surface area contributed by atoms with E-state index in [1.54, 1.807) is 11.8 Å². The van der Waals surface area contributed by atoms with Crippen LogP contribution in [0.5, 0.6) is 0 Å². The van der Waals surface area contributed by atoms with Crippen LogP contribution in [0.25, 0.3) is 0 Å². The molecule has 0 bridgehead atoms. The molecule has 27 heavy (non-hydrogen) atoms. The van der Waals surface area contributed by atoms with Gasteiger partial charge in [0, 0.05) is 11.3 Å². The first kappa shape index (κ1) is 19.2. The number of thioether (sulfide) groups is 1. The van der Waals surface area contributed by atoms with Gasteiger partial charge in [-0.25, -0.2) is 0 Å². The van der Waals surface area contributed by atoms with E-state index in [4.69, 9.17) is 4.42 Å². The van der Waals surface area contributed by atoms with Crippen LogP contribution in [-0.2, 0) is 11.2 Å². The maximum absolute atomic E-state index is 12.0. The highest BCUT2D eigenvalue weighted by Crippen LogP contribution is 2.19. The van der Waals surface area contributed by atoms with E-state index in [1.807, 2.05) is 18.2 Å². The third-order valence-corrected chi connectivity index (χ3v) is 5.21. The standard InChI is InChI=1S/C21H23N3O2S/c1-15-10-11-17(16(2)13-15)14-20-23-24-21(26-20)22-19(25)9-6-12-27-18-7-4-3-5-8-18/h3-5,7-8,10-11,13H,6,9,12,14H2,1-2H3,(H,22,24,25). The van der Waals surface area contributed by atoms with E-state index in [-0.39, 0.29) is 11.9 Å². The van der Waals surface area contributed by atoms with E-state index < -0.39 is 0 Å². The lowest BCUT2D eigenvalue weighted by atomic mass is 10.0. The van der Waals surface area contributed by atoms with Crippen molar-refractivity contribution in [1.29, 1.82) is 0 Å². The summed E-state index contributed by atoms with van der Waals surface area (Å²) in [5.41, 5.74) is 3.55. The molecule has 1 amide bonds. The summed E-state index contributed by atoms with van der Waals surface area (Å²) in [4.78, 5) is 13.2. The van der Waals surface area contributed by atoms with Gasteiger partial charge in [0.1, 0.15) is 0 Å². The number of rotatable bonds is 8. The van der Waals surface area contributed by atoms with Crippen LogP contribution in [0.2, 0.25) is 0 Å². The normalized spacial score (nSPS) is 10.7. The predicted octanol–water partition coefficient (Wildman–Crippen LogP) is 4.79. The van der Waals surface area contributed by atoms with E-state index in [0.29, 0.717) is 18.7 Å². The SMILES string of the molecule is Cc1ccc(Cc2nnc(NC(=O)CCCSc3ccccc3)o2)c(C)c1. The van der Waals surface area contributed by atoms with Crippen molar-refractivity contribution in [2.45, 2.75) is 38.0 Å². The quantitative estimate of drug-likeness (QED) is 0.449. The third kappa shape index (κ3) is 5.96. The van der Waals surface area contributed by atoms with Gasteiger partial charge >= 0.3 is 6.01 Å². The van der Waals surface area contributed by atoms with Gasteiger partial charge in [0.2, 0.25) is 11.8 Å². The Labute approximate surface area is 163 Å². The molecule has 140 valence electrons. The summed E-state index contributed by atoms with van der Waals surface area (Å²) in [7, 11) is 0. The molecule has 0 radical (unpaired) electrons. The van der Waals surface area contributed by atoms with Crippen molar-refractivity contribution in [3.05, 3.63) is 71.1 Å². The molecule has 1 N–H and O–H groups in total. The zero-order valence-electron chi connectivity index (χ0n) is 15.6. The van der Waals surface area contributed by atoms with E-state index >= 15 is 0 Å². The van der Waals surface area contributed by atoms with E-state index in [9.17, 15) is 4.79 Å². The number of amides is 1. The summed E-state index contributed by atoms with van der Waals surface area (Å²) in [6.45, 7) is 4.13. The average Bonchev–Trinajstić information content (AvgIpc) is 3.09. The smallest absolute Gasteiger partial charge is 0.322 e. The molecular weight excluding hydrogens is 358 g/mol. The third-order valence-electron chi connectivity index (χ3n) is 4.11. The Morgan fingerprint density at radius 2 is 1.93 bits per heavy atom. The van der Waals surface area contributed by atoms with Crippen molar-refractivity contribution in [1.82, 2.24) is 10.2 Å². The number of carbonyl (C=O) groups excluding carboxylic acids is 1. The first-order chi connectivity index (χ1) is 13.1. The van der Waals surface area contributed by atoms with Gasteiger partial charge < -0.3 is 4.42 Å². The van der Waals surface area contributed by atoms with E-state index in [2.05, 4.69) is 59.7 Å². The molecule has 0 aliphatic carbocycles. The van der Waals surface area contributed by atoms with Crippen LogP contribution in [0.4, 0.5) is 6.01 Å². The number of carbonyl (C=O) groups is 1. The van der Waals surface area contributed by atoms with Gasteiger partial charge in [-0.3, -0.25) is 10.1 Å². The molecule has 6 heteroatoms. The Morgan fingerprint density at radius 1 is 1.11 bits per heavy atom. The average molecular weight is 382 g/mol. The lowest BCUT2D eigenvalue weighted by Crippen LogP contribution is -2.11. The number of nitrogens with zero attached hydrogens (tertiary/aromatic N) is 2. The monoisotopic (exact) mass is 381 g/mol. The molecule has 3 rings (SSSR count). The molecule has 0 saturated heterocycles. The number of hydrogen-bond acceptors (Lipinski definition) is 5. The summed E-state index contributed by atoms with van der Waals surface area (Å²) in [6, 6.07) is 16.6. The number of benzene rings is 2. The van der Waals surface area contributed by atoms with Crippen LogP contribution in [0.3, 0.4) is 0 Å². The number of anilines is 1. The summed E-state index contributed by atoms with van der Waals surface area (Å²) in [5.74, 6) is 1.28. The molecule has 0 aliphatic heterocycles. The van der Waals surface area contributed by atoms with Gasteiger partial charge in [-0.2, -0.15) is 0 Å². The van der Waals surface area contributed by atoms with Gasteiger partial charge in [-0.15, -0.1) is 16.9 Å². The fraction of sp³-hybridized carbons (Fsp3) is 0.286. The predicted molar refractivity (Wildman–Crippen MR) is 108 cm³/mol. The van der Waals surface area contributed by atoms with Crippen molar-refractivity contribution in [2.24, 2.45) is 0 Å². The lowest BCUT2D eigenvalue weighted by Gasteiger charge is -2.04. The molecule has 1 aromatic heterocycles. The molecule has 0 saturated carbocycles. The van der Waals surface area contributed by atoms with Crippen LogP contribution in [0, 0.1) is 13.8 Å². The molecule has 0 spiro atoms. The maximum atomic E-state index is 12.0. The second-order valence-electron chi connectivity index (χ2n) is 6.42. The van der Waals surface area contributed by atoms with Crippen molar-refractivity contribution >= 4 is 23.7 Å². The van der Waals surface area contributed by atoms with Crippen molar-refractivity contribution in [3.63, 3.8) is 0 Å². The first-order valence-electron chi connectivity index (χ1n) is 8.96. The van der Waals surface area contributed by atoms with Crippen LogP contribution >= 0.6 is 11.8 Å². The highest BCUT2D eigenvalue weighted by atomic mass is 32.2. The first-order valence-corrected chi connectivity index (χ1v) is 9.95. The molecule has 2 aromatic carbocycles. The van der Waals surface area contributed by atoms with Crippen LogP contribution in [-0.4, -0.2) is 21.9 Å². The van der Waals surface area contributed by atoms with Crippen molar-refractivity contribution in [2.75, 3.05) is 11.1 Å². The maximum Gasteiger partial charge on any atom is 0.322 e. The fourth-order valence-electron chi connectivity index (χ4n) is 2.70. The highest BCUT2D eigenvalue weighted by molar-refractivity contribution is 7.99. The Balaban J connectivity index is 1.43. The van der Waals surface area contributed by atoms with Crippen LogP contribution < -0.4 is 5.32 Å². The Morgan fingerprint density at radius 3 is 2.70 bits per heavy atom. The summed E-state index contributed by atoms with van der Waals surface area (Å²) in [6.07, 6.45) is 1.77. The second-order valence-corrected chi connectivity index (χ2v) is 7.59. The Kier molecular flexibility index (Phi) is 6.65. The fourth-order valence-corrected chi connectivity index (χ4v) is 3.58. The molecule has 5 nitrogen and oxygen atoms in total. The van der Waals surface area contributed by atoms with Crippen molar-refractivity contribution in [3.8, 4) is 0 Å². The van der Waals surface area contributed by atoms with Crippen molar-refractivity contribution < 1.29 is 9.21 Å². The van der Waals surface area contributed by atoms with E-state index in [0.717, 1.165) is 17.7 Å². The van der Waals surface area contributed by atoms with Crippen LogP contribution in [0.15, 0.2) is 57.8 Å². The molecule has 0 fully saturated rings. The van der Waals surface area contributed by atoms with Gasteiger partial charge in [-0.05, 0) is 49.3 Å². The highest BCUT2D eigenvalue weighted by Gasteiger charge is 2.11. The molecule has 0 unspecified atom stereocenters. The van der Waals surface area contributed by atoms with Gasteiger partial charge in [0.05, 0.1) is 6.42 Å². The van der Waals surface area contributed by atoms with Crippen LogP contribution in [0.1, 0.15) is 35.4 Å². The Bertz CT molecular complexity index is 893. The Hall–Kier alpha value is -2.60. The molecule has 3 aromatic rings. The number of aromatic nitrogens is 2. The zero-order valence-corrected chi connectivity index (χ0v) is 16.4. The summed E-state index contributed by atoms with van der Waals surface area (Å²) >= 11 is 1.74. The summed E-state index contributed by atoms with van der Waals surface area (Å²) in [5, 5.41) is 10.6. The van der Waals surface area contributed by atoms with Gasteiger partial charge in [0.25, 0.3) is 0 Å².